The van der Waals surface area contributed by atoms with Crippen LogP contribution in [0.5, 0.6) is 0 Å². The molecule has 1 fully saturated rings. The van der Waals surface area contributed by atoms with E-state index < -0.39 is 5.63 Å². The monoisotopic (exact) mass is 326 g/mol. The van der Waals surface area contributed by atoms with Gasteiger partial charge in [0.25, 0.3) is 0 Å². The van der Waals surface area contributed by atoms with Crippen LogP contribution in [0.4, 0.5) is 5.13 Å². The van der Waals surface area contributed by atoms with Crippen molar-refractivity contribution in [3.8, 4) is 11.3 Å². The second kappa shape index (κ2) is 5.62. The Balaban J connectivity index is 1.64. The fourth-order valence-corrected chi connectivity index (χ4v) is 3.29. The topological polar surface area (TPSA) is 72.2 Å². The lowest BCUT2D eigenvalue weighted by atomic mass is 9.85. The molecule has 6 heteroatoms. The molecule has 0 aliphatic heterocycles. The highest BCUT2D eigenvalue weighted by molar-refractivity contribution is 7.14. The molecule has 0 bridgehead atoms. The Bertz CT molecular complexity index is 940. The number of hydrogen-bond donors (Lipinski definition) is 1. The molecular weight excluding hydrogens is 312 g/mol. The molecule has 1 N–H and O–H groups in total. The van der Waals surface area contributed by atoms with Crippen molar-refractivity contribution in [3.05, 3.63) is 46.1 Å². The lowest BCUT2D eigenvalue weighted by Crippen LogP contribution is -2.27. The number of nitrogens with one attached hydrogen (secondary N) is 1. The van der Waals surface area contributed by atoms with Crippen LogP contribution in [-0.4, -0.2) is 10.9 Å². The van der Waals surface area contributed by atoms with E-state index in [1.165, 1.54) is 11.3 Å². The first-order chi connectivity index (χ1) is 11.2. The number of rotatable bonds is 3. The second-order valence-corrected chi connectivity index (χ2v) is 6.50. The highest BCUT2D eigenvalue weighted by Crippen LogP contribution is 2.29. The maximum Gasteiger partial charge on any atom is 0.345 e. The van der Waals surface area contributed by atoms with Crippen molar-refractivity contribution in [1.82, 2.24) is 4.98 Å². The molecule has 1 aliphatic rings. The van der Waals surface area contributed by atoms with E-state index in [9.17, 15) is 9.59 Å². The number of aromatic nitrogens is 1. The summed E-state index contributed by atoms with van der Waals surface area (Å²) in [5.41, 5.74) is 1.06. The maximum absolute atomic E-state index is 12.1. The van der Waals surface area contributed by atoms with Gasteiger partial charge in [0, 0.05) is 16.7 Å². The number of amides is 1. The highest BCUT2D eigenvalue weighted by atomic mass is 32.1. The molecule has 1 saturated carbocycles. The number of carbonyl (C=O) groups is 1. The number of carbonyl (C=O) groups excluding carboxylic acids is 1. The first-order valence-corrected chi connectivity index (χ1v) is 8.38. The molecule has 2 aromatic heterocycles. The first-order valence-electron chi connectivity index (χ1n) is 7.50. The fraction of sp³-hybridized carbons (Fsp3) is 0.235. The van der Waals surface area contributed by atoms with Gasteiger partial charge in [-0.1, -0.05) is 24.6 Å². The van der Waals surface area contributed by atoms with E-state index in [0.29, 0.717) is 22.0 Å². The molecule has 0 atom stereocenters. The van der Waals surface area contributed by atoms with E-state index in [1.54, 1.807) is 17.5 Å². The normalized spacial score (nSPS) is 14.6. The van der Waals surface area contributed by atoms with Gasteiger partial charge in [0.15, 0.2) is 5.13 Å². The van der Waals surface area contributed by atoms with Crippen molar-refractivity contribution in [1.29, 1.82) is 0 Å². The maximum atomic E-state index is 12.1. The molecule has 0 saturated heterocycles. The summed E-state index contributed by atoms with van der Waals surface area (Å²) >= 11 is 1.32. The molecule has 1 aliphatic carbocycles. The summed E-state index contributed by atoms with van der Waals surface area (Å²) in [6.45, 7) is 0. The van der Waals surface area contributed by atoms with Crippen LogP contribution in [0.25, 0.3) is 22.2 Å². The SMILES string of the molecule is O=C(Nc1nc(-c2cc3ccccc3oc2=O)cs1)C1CCC1. The quantitative estimate of drug-likeness (QED) is 0.746. The number of hydrogen-bond acceptors (Lipinski definition) is 5. The van der Waals surface area contributed by atoms with Crippen molar-refractivity contribution in [2.45, 2.75) is 19.3 Å². The lowest BCUT2D eigenvalue weighted by molar-refractivity contribution is -0.122. The smallest absolute Gasteiger partial charge is 0.345 e. The fourth-order valence-electron chi connectivity index (χ4n) is 2.57. The summed E-state index contributed by atoms with van der Waals surface area (Å²) in [4.78, 5) is 28.5. The molecule has 5 nitrogen and oxygen atoms in total. The summed E-state index contributed by atoms with van der Waals surface area (Å²) < 4.78 is 5.32. The van der Waals surface area contributed by atoms with Crippen molar-refractivity contribution in [2.75, 3.05) is 5.32 Å². The molecule has 2 heterocycles. The first kappa shape index (κ1) is 14.1. The summed E-state index contributed by atoms with van der Waals surface area (Å²) in [5, 5.41) is 5.95. The summed E-state index contributed by atoms with van der Waals surface area (Å²) in [6.07, 6.45) is 3.00. The minimum Gasteiger partial charge on any atom is -0.422 e. The Hall–Kier alpha value is -2.47. The van der Waals surface area contributed by atoms with Gasteiger partial charge in [-0.3, -0.25) is 4.79 Å². The van der Waals surface area contributed by atoms with Crippen LogP contribution in [0, 0.1) is 5.92 Å². The van der Waals surface area contributed by atoms with Gasteiger partial charge in [-0.2, -0.15) is 0 Å². The Morgan fingerprint density at radius 2 is 2.13 bits per heavy atom. The minimum absolute atomic E-state index is 0.0164. The van der Waals surface area contributed by atoms with Gasteiger partial charge in [-0.15, -0.1) is 11.3 Å². The van der Waals surface area contributed by atoms with E-state index in [0.717, 1.165) is 24.6 Å². The van der Waals surface area contributed by atoms with E-state index >= 15 is 0 Å². The van der Waals surface area contributed by atoms with E-state index in [1.807, 2.05) is 18.2 Å². The van der Waals surface area contributed by atoms with Gasteiger partial charge in [-0.05, 0) is 25.0 Å². The third-order valence-corrected chi connectivity index (χ3v) is 4.89. The van der Waals surface area contributed by atoms with Crippen molar-refractivity contribution in [3.63, 3.8) is 0 Å². The Morgan fingerprint density at radius 3 is 2.91 bits per heavy atom. The van der Waals surface area contributed by atoms with Gasteiger partial charge in [-0.25, -0.2) is 9.78 Å². The zero-order chi connectivity index (χ0) is 15.8. The van der Waals surface area contributed by atoms with Crippen LogP contribution in [0.3, 0.4) is 0 Å². The second-order valence-electron chi connectivity index (χ2n) is 5.64. The average Bonchev–Trinajstić information content (AvgIpc) is 2.92. The van der Waals surface area contributed by atoms with Crippen molar-refractivity contribution < 1.29 is 9.21 Å². The van der Waals surface area contributed by atoms with Gasteiger partial charge in [0.05, 0.1) is 11.3 Å². The number of benzene rings is 1. The average molecular weight is 326 g/mol. The summed E-state index contributed by atoms with van der Waals surface area (Å²) in [6, 6.07) is 9.12. The summed E-state index contributed by atoms with van der Waals surface area (Å²) in [5.74, 6) is 0.121. The molecule has 0 spiro atoms. The lowest BCUT2D eigenvalue weighted by Gasteiger charge is -2.23. The van der Waals surface area contributed by atoms with Crippen LogP contribution < -0.4 is 10.9 Å². The largest absolute Gasteiger partial charge is 0.422 e. The predicted molar refractivity (Wildman–Crippen MR) is 89.6 cm³/mol. The highest BCUT2D eigenvalue weighted by Gasteiger charge is 2.25. The molecule has 1 amide bonds. The molecule has 1 aromatic carbocycles. The molecule has 0 unspecified atom stereocenters. The van der Waals surface area contributed by atoms with Crippen LogP contribution in [-0.2, 0) is 4.79 Å². The Labute approximate surface area is 136 Å². The minimum atomic E-state index is -0.425. The zero-order valence-corrected chi connectivity index (χ0v) is 13.1. The van der Waals surface area contributed by atoms with Crippen LogP contribution in [0.15, 0.2) is 44.9 Å². The van der Waals surface area contributed by atoms with Crippen LogP contribution in [0.1, 0.15) is 19.3 Å². The molecule has 3 aromatic rings. The van der Waals surface area contributed by atoms with Gasteiger partial charge < -0.3 is 9.73 Å². The summed E-state index contributed by atoms with van der Waals surface area (Å²) in [7, 11) is 0. The third kappa shape index (κ3) is 2.66. The molecule has 116 valence electrons. The van der Waals surface area contributed by atoms with E-state index in [2.05, 4.69) is 10.3 Å². The number of thiazole rings is 1. The zero-order valence-electron chi connectivity index (χ0n) is 12.2. The number of para-hydroxylation sites is 1. The molecular formula is C17H14N2O3S. The molecule has 23 heavy (non-hydrogen) atoms. The van der Waals surface area contributed by atoms with Crippen molar-refractivity contribution >= 4 is 33.3 Å². The Morgan fingerprint density at radius 1 is 1.30 bits per heavy atom. The van der Waals surface area contributed by atoms with Crippen molar-refractivity contribution in [2.24, 2.45) is 5.92 Å². The third-order valence-electron chi connectivity index (χ3n) is 4.13. The van der Waals surface area contributed by atoms with E-state index in [-0.39, 0.29) is 11.8 Å². The number of fused-ring (bicyclic) bond motifs is 1. The number of anilines is 1. The van der Waals surface area contributed by atoms with Crippen LogP contribution >= 0.6 is 11.3 Å². The predicted octanol–water partition coefficient (Wildman–Crippen LogP) is 3.66. The molecule has 0 radical (unpaired) electrons. The molecule has 4 rings (SSSR count). The number of nitrogens with zero attached hydrogens (tertiary/aromatic N) is 1. The Kier molecular flexibility index (Phi) is 3.46. The standard InChI is InChI=1S/C17H14N2O3S/c20-15(10-5-3-6-10)19-17-18-13(9-23-17)12-8-11-4-1-2-7-14(11)22-16(12)21/h1-2,4,7-10H,3,5-6H2,(H,18,19,20). The van der Waals surface area contributed by atoms with Gasteiger partial charge >= 0.3 is 5.63 Å². The van der Waals surface area contributed by atoms with E-state index in [4.69, 9.17) is 4.42 Å². The van der Waals surface area contributed by atoms with Gasteiger partial charge in [0.2, 0.25) is 5.91 Å². The van der Waals surface area contributed by atoms with Crippen LogP contribution in [0.2, 0.25) is 0 Å². The van der Waals surface area contributed by atoms with Gasteiger partial charge in [0.1, 0.15) is 5.58 Å².